The van der Waals surface area contributed by atoms with E-state index in [-0.39, 0.29) is 18.4 Å². The summed E-state index contributed by atoms with van der Waals surface area (Å²) in [5.74, 6) is 1.10. The Hall–Kier alpha value is -4.33. The maximum atomic E-state index is 13.9. The van der Waals surface area contributed by atoms with Crippen LogP contribution in [0.4, 0.5) is 0 Å². The number of benzene rings is 2. The molecule has 2 aliphatic heterocycles. The first-order valence-electron chi connectivity index (χ1n) is 11.9. The summed E-state index contributed by atoms with van der Waals surface area (Å²) in [5.41, 5.74) is 4.59. The van der Waals surface area contributed by atoms with Crippen LogP contribution in [0, 0.1) is 0 Å². The maximum absolute atomic E-state index is 13.9. The van der Waals surface area contributed by atoms with Gasteiger partial charge in [-0.05, 0) is 41.5 Å². The first-order valence-corrected chi connectivity index (χ1v) is 11.9. The largest absolute Gasteiger partial charge is 0.497 e. The van der Waals surface area contributed by atoms with Crippen LogP contribution in [0.25, 0.3) is 10.9 Å². The van der Waals surface area contributed by atoms with Crippen molar-refractivity contribution in [2.24, 2.45) is 0 Å². The number of aromatic amines is 1. The third-order valence-corrected chi connectivity index (χ3v) is 7.17. The number of carbonyl (C=O) groups excluding carboxylic acids is 2. The number of carbonyl (C=O) groups is 2. The van der Waals surface area contributed by atoms with Gasteiger partial charge in [-0.2, -0.15) is 0 Å². The van der Waals surface area contributed by atoms with E-state index in [9.17, 15) is 9.59 Å². The fraction of sp³-hybridized carbons (Fsp3) is 0.250. The molecule has 2 aliphatic rings. The summed E-state index contributed by atoms with van der Waals surface area (Å²) in [6.45, 7) is 0.346. The maximum Gasteiger partial charge on any atom is 0.246 e. The lowest BCUT2D eigenvalue weighted by molar-refractivity contribution is -0.159. The molecule has 2 atom stereocenters. The van der Waals surface area contributed by atoms with Crippen LogP contribution in [0.2, 0.25) is 0 Å². The van der Waals surface area contributed by atoms with Crippen molar-refractivity contribution in [3.63, 3.8) is 0 Å². The molecule has 0 aliphatic carbocycles. The Kier molecular flexibility index (Phi) is 5.36. The Labute approximate surface area is 208 Å². The number of hydrogen-bond acceptors (Lipinski definition) is 5. The van der Waals surface area contributed by atoms with E-state index < -0.39 is 12.1 Å². The monoisotopic (exact) mass is 482 g/mol. The third kappa shape index (κ3) is 3.48. The molecule has 0 spiro atoms. The van der Waals surface area contributed by atoms with Crippen LogP contribution in [0.5, 0.6) is 11.5 Å². The van der Waals surface area contributed by atoms with Crippen LogP contribution in [0.3, 0.4) is 0 Å². The SMILES string of the molecule is COc1ccc(OC)c(C2c3[nH]c4ccccc4c3CC3C(=O)N(Cc4cccnc4)CC(=O)N32)c1. The highest BCUT2D eigenvalue weighted by Crippen LogP contribution is 2.45. The lowest BCUT2D eigenvalue weighted by Crippen LogP contribution is -2.62. The van der Waals surface area contributed by atoms with Crippen molar-refractivity contribution in [1.82, 2.24) is 19.8 Å². The van der Waals surface area contributed by atoms with E-state index in [0.29, 0.717) is 24.5 Å². The number of hydrogen-bond donors (Lipinski definition) is 1. The highest BCUT2D eigenvalue weighted by atomic mass is 16.5. The molecule has 2 amide bonds. The molecule has 4 heterocycles. The van der Waals surface area contributed by atoms with Crippen LogP contribution in [0.1, 0.15) is 28.4 Å². The Morgan fingerprint density at radius 3 is 2.69 bits per heavy atom. The fourth-order valence-corrected chi connectivity index (χ4v) is 5.55. The summed E-state index contributed by atoms with van der Waals surface area (Å²) in [4.78, 5) is 38.7. The molecule has 8 nitrogen and oxygen atoms in total. The summed E-state index contributed by atoms with van der Waals surface area (Å²) < 4.78 is 11.2. The quantitative estimate of drug-likeness (QED) is 0.471. The van der Waals surface area contributed by atoms with Gasteiger partial charge in [0, 0.05) is 47.5 Å². The lowest BCUT2D eigenvalue weighted by atomic mass is 9.85. The van der Waals surface area contributed by atoms with Gasteiger partial charge >= 0.3 is 0 Å². The second kappa shape index (κ2) is 8.71. The highest BCUT2D eigenvalue weighted by molar-refractivity contribution is 5.97. The van der Waals surface area contributed by atoms with Gasteiger partial charge < -0.3 is 24.3 Å². The molecule has 0 radical (unpaired) electrons. The van der Waals surface area contributed by atoms with Crippen LogP contribution in [-0.2, 0) is 22.6 Å². The second-order valence-electron chi connectivity index (χ2n) is 9.15. The van der Waals surface area contributed by atoms with Gasteiger partial charge in [-0.1, -0.05) is 24.3 Å². The van der Waals surface area contributed by atoms with E-state index in [1.807, 2.05) is 48.5 Å². The van der Waals surface area contributed by atoms with Gasteiger partial charge in [-0.15, -0.1) is 0 Å². The Morgan fingerprint density at radius 1 is 1.06 bits per heavy atom. The van der Waals surface area contributed by atoms with E-state index in [4.69, 9.17) is 9.47 Å². The van der Waals surface area contributed by atoms with E-state index in [1.54, 1.807) is 36.4 Å². The van der Waals surface area contributed by atoms with Crippen molar-refractivity contribution in [2.75, 3.05) is 20.8 Å². The zero-order valence-electron chi connectivity index (χ0n) is 20.1. The Balaban J connectivity index is 1.50. The van der Waals surface area contributed by atoms with Gasteiger partial charge in [-0.3, -0.25) is 14.6 Å². The molecule has 4 aromatic rings. The number of nitrogens with one attached hydrogen (secondary N) is 1. The van der Waals surface area contributed by atoms with Crippen LogP contribution < -0.4 is 9.47 Å². The van der Waals surface area contributed by atoms with Crippen molar-refractivity contribution < 1.29 is 19.1 Å². The molecule has 0 bridgehead atoms. The minimum absolute atomic E-state index is 0.00255. The number of fused-ring (bicyclic) bond motifs is 4. The number of amides is 2. The first-order chi connectivity index (χ1) is 17.6. The molecular formula is C28H26N4O4. The number of aromatic nitrogens is 2. The van der Waals surface area contributed by atoms with Gasteiger partial charge in [0.05, 0.1) is 14.2 Å². The van der Waals surface area contributed by atoms with Gasteiger partial charge in [0.2, 0.25) is 11.8 Å². The lowest BCUT2D eigenvalue weighted by Gasteiger charge is -2.47. The van der Waals surface area contributed by atoms with Crippen molar-refractivity contribution in [3.05, 3.63) is 89.4 Å². The predicted octanol–water partition coefficient (Wildman–Crippen LogP) is 3.47. The van der Waals surface area contributed by atoms with Crippen molar-refractivity contribution in [2.45, 2.75) is 25.0 Å². The fourth-order valence-electron chi connectivity index (χ4n) is 5.55. The summed E-state index contributed by atoms with van der Waals surface area (Å²) in [7, 11) is 3.21. The van der Waals surface area contributed by atoms with E-state index in [2.05, 4.69) is 16.0 Å². The number of H-pyrrole nitrogens is 1. The molecule has 2 aromatic heterocycles. The van der Waals surface area contributed by atoms with Gasteiger partial charge in [0.25, 0.3) is 0 Å². The summed E-state index contributed by atoms with van der Waals surface area (Å²) in [6.07, 6.45) is 3.86. The molecule has 2 aromatic carbocycles. The minimum Gasteiger partial charge on any atom is -0.497 e. The molecule has 2 unspecified atom stereocenters. The molecule has 1 saturated heterocycles. The number of nitrogens with zero attached hydrogens (tertiary/aromatic N) is 3. The molecule has 6 rings (SSSR count). The molecule has 1 fully saturated rings. The van der Waals surface area contributed by atoms with Crippen molar-refractivity contribution in [3.8, 4) is 11.5 Å². The predicted molar refractivity (Wildman–Crippen MR) is 134 cm³/mol. The summed E-state index contributed by atoms with van der Waals surface area (Å²) in [6, 6.07) is 16.2. The normalized spacial score (nSPS) is 19.3. The summed E-state index contributed by atoms with van der Waals surface area (Å²) >= 11 is 0. The molecule has 0 saturated carbocycles. The Morgan fingerprint density at radius 2 is 1.92 bits per heavy atom. The average Bonchev–Trinajstić information content (AvgIpc) is 3.29. The zero-order valence-corrected chi connectivity index (χ0v) is 20.1. The zero-order chi connectivity index (χ0) is 24.8. The average molecular weight is 483 g/mol. The van der Waals surface area contributed by atoms with Gasteiger partial charge in [-0.25, -0.2) is 0 Å². The smallest absolute Gasteiger partial charge is 0.246 e. The van der Waals surface area contributed by atoms with Crippen molar-refractivity contribution in [1.29, 1.82) is 0 Å². The number of pyridine rings is 1. The summed E-state index contributed by atoms with van der Waals surface area (Å²) in [5, 5.41) is 1.06. The van der Waals surface area contributed by atoms with Gasteiger partial charge in [0.1, 0.15) is 30.1 Å². The van der Waals surface area contributed by atoms with E-state index in [1.165, 1.54) is 0 Å². The molecule has 182 valence electrons. The standard InChI is InChI=1S/C28H26N4O4/c1-35-18-9-10-24(36-2)21(12-18)27-26-20(19-7-3-4-8-22(19)30-26)13-23-28(34)31(16-25(33)32(23)27)15-17-6-5-11-29-14-17/h3-12,14,23,27,30H,13,15-16H2,1-2H3. The Bertz CT molecular complexity index is 1470. The molecule has 8 heteroatoms. The number of para-hydroxylation sites is 1. The van der Waals surface area contributed by atoms with E-state index >= 15 is 0 Å². The first kappa shape index (κ1) is 22.2. The van der Waals surface area contributed by atoms with Crippen molar-refractivity contribution >= 4 is 22.7 Å². The number of piperazine rings is 1. The van der Waals surface area contributed by atoms with Crippen LogP contribution >= 0.6 is 0 Å². The number of rotatable bonds is 5. The number of ether oxygens (including phenoxy) is 2. The van der Waals surface area contributed by atoms with Crippen LogP contribution in [0.15, 0.2) is 67.0 Å². The van der Waals surface area contributed by atoms with Gasteiger partial charge in [0.15, 0.2) is 0 Å². The topological polar surface area (TPSA) is 87.8 Å². The third-order valence-electron chi connectivity index (χ3n) is 7.17. The molecular weight excluding hydrogens is 456 g/mol. The minimum atomic E-state index is -0.629. The molecule has 1 N–H and O–H groups in total. The van der Waals surface area contributed by atoms with E-state index in [0.717, 1.165) is 33.3 Å². The van der Waals surface area contributed by atoms with Crippen LogP contribution in [-0.4, -0.2) is 58.4 Å². The number of methoxy groups -OCH3 is 2. The molecule has 36 heavy (non-hydrogen) atoms. The second-order valence-corrected chi connectivity index (χ2v) is 9.15. The highest BCUT2D eigenvalue weighted by Gasteiger charge is 2.48.